The van der Waals surface area contributed by atoms with E-state index < -0.39 is 32.3 Å². The van der Waals surface area contributed by atoms with E-state index in [1.54, 1.807) is 13.8 Å². The van der Waals surface area contributed by atoms with E-state index in [2.05, 4.69) is 18.2 Å². The quantitative estimate of drug-likeness (QED) is 0.113. The number of hydrogen-bond acceptors (Lipinski definition) is 6. The van der Waals surface area contributed by atoms with E-state index >= 15 is 0 Å². The van der Waals surface area contributed by atoms with Crippen LogP contribution in [-0.2, 0) is 26.9 Å². The van der Waals surface area contributed by atoms with E-state index in [1.165, 1.54) is 0 Å². The van der Waals surface area contributed by atoms with Crippen molar-refractivity contribution in [3.8, 4) is 0 Å². The van der Waals surface area contributed by atoms with Gasteiger partial charge in [-0.15, -0.1) is 0 Å². The minimum atomic E-state index is -4.34. The highest BCUT2D eigenvalue weighted by Crippen LogP contribution is 2.69. The Morgan fingerprint density at radius 2 is 1.81 bits per heavy atom. The summed E-state index contributed by atoms with van der Waals surface area (Å²) >= 11 is 11.2. The summed E-state index contributed by atoms with van der Waals surface area (Å²) in [6.45, 7) is 7.48. The van der Waals surface area contributed by atoms with Crippen molar-refractivity contribution in [3.05, 3.63) is 111 Å². The number of aryl methyl sites for hydroxylation is 1. The molecule has 6 rings (SSSR count). The van der Waals surface area contributed by atoms with Crippen molar-refractivity contribution in [1.29, 1.82) is 0 Å². The Morgan fingerprint density at radius 1 is 1.06 bits per heavy atom. The minimum Gasteiger partial charge on any atom is -0.386 e. The smallest absolute Gasteiger partial charge is 0.265 e. The van der Waals surface area contributed by atoms with Gasteiger partial charge in [0.15, 0.2) is 0 Å². The molecule has 3 unspecified atom stereocenters. The highest BCUT2D eigenvalue weighted by atomic mass is 35.5. The Balaban J connectivity index is 1.21. The van der Waals surface area contributed by atoms with Crippen molar-refractivity contribution in [2.45, 2.75) is 70.1 Å². The predicted octanol–water partition coefficient (Wildman–Crippen LogP) is 8.87. The third-order valence-corrected chi connectivity index (χ3v) is 12.6. The Bertz CT molecular complexity index is 2030. The number of halogens is 1. The van der Waals surface area contributed by atoms with E-state index in [0.717, 1.165) is 50.8 Å². The molecule has 0 saturated heterocycles. The number of rotatable bonds is 10. The molecular formula is C39H42ClNO5S2. The molecule has 6 nitrogen and oxygen atoms in total. The summed E-state index contributed by atoms with van der Waals surface area (Å²) in [6.07, 6.45) is 6.09. The van der Waals surface area contributed by atoms with Gasteiger partial charge in [-0.1, -0.05) is 86.1 Å². The Hall–Kier alpha value is -3.01. The fourth-order valence-electron chi connectivity index (χ4n) is 8.25. The van der Waals surface area contributed by atoms with E-state index in [-0.39, 0.29) is 22.9 Å². The zero-order valence-corrected chi connectivity index (χ0v) is 30.1. The molecule has 0 radical (unpaired) electrons. The van der Waals surface area contributed by atoms with Crippen LogP contribution in [0.5, 0.6) is 0 Å². The van der Waals surface area contributed by atoms with Gasteiger partial charge in [0, 0.05) is 22.1 Å². The van der Waals surface area contributed by atoms with Crippen LogP contribution in [0.15, 0.2) is 72.8 Å². The molecule has 0 amide bonds. The minimum absolute atomic E-state index is 0.0293. The number of Topliss-reactive ketones (excluding diaryl/α,β-unsaturated/α-hetero) is 1. The molecule has 2 N–H and O–H groups in total. The largest absolute Gasteiger partial charge is 0.386 e. The van der Waals surface area contributed by atoms with Gasteiger partial charge in [-0.25, -0.2) is 4.98 Å². The molecule has 1 heterocycles. The number of thiol groups is 1. The van der Waals surface area contributed by atoms with Crippen molar-refractivity contribution in [1.82, 2.24) is 4.98 Å². The highest BCUT2D eigenvalue weighted by molar-refractivity contribution is 7.85. The normalized spacial score (nSPS) is 23.0. The van der Waals surface area contributed by atoms with Gasteiger partial charge in [-0.2, -0.15) is 21.0 Å². The van der Waals surface area contributed by atoms with Crippen molar-refractivity contribution in [2.75, 3.05) is 5.75 Å². The number of benzene rings is 3. The van der Waals surface area contributed by atoms with E-state index in [1.807, 2.05) is 80.6 Å². The lowest BCUT2D eigenvalue weighted by Crippen LogP contribution is -2.42. The third kappa shape index (κ3) is 6.75. The zero-order valence-electron chi connectivity index (χ0n) is 27.7. The van der Waals surface area contributed by atoms with Gasteiger partial charge in [-0.05, 0) is 102 Å². The molecule has 0 aliphatic heterocycles. The molecule has 2 fully saturated rings. The summed E-state index contributed by atoms with van der Waals surface area (Å²) in [7, 11) is -4.34. The number of hydrogen-bond donors (Lipinski definition) is 3. The average molecular weight is 704 g/mol. The van der Waals surface area contributed by atoms with Crippen LogP contribution in [0.3, 0.4) is 0 Å². The van der Waals surface area contributed by atoms with Gasteiger partial charge in [0.05, 0.1) is 28.0 Å². The summed E-state index contributed by atoms with van der Waals surface area (Å²) in [4.78, 5) is 17.9. The summed E-state index contributed by atoms with van der Waals surface area (Å²) < 4.78 is 33.9. The van der Waals surface area contributed by atoms with Crippen molar-refractivity contribution < 1.29 is 22.9 Å². The van der Waals surface area contributed by atoms with Gasteiger partial charge in [0.2, 0.25) is 0 Å². The van der Waals surface area contributed by atoms with Gasteiger partial charge < -0.3 is 5.11 Å². The fraction of sp³-hybridized carbons (Fsp3) is 0.385. The van der Waals surface area contributed by atoms with E-state index in [0.29, 0.717) is 24.3 Å². The van der Waals surface area contributed by atoms with Gasteiger partial charge >= 0.3 is 0 Å². The molecule has 48 heavy (non-hydrogen) atoms. The number of ketones is 1. The third-order valence-electron chi connectivity index (χ3n) is 10.9. The molecule has 252 valence electrons. The second-order valence-corrected chi connectivity index (χ2v) is 17.2. The lowest BCUT2D eigenvalue weighted by atomic mass is 9.70. The molecule has 4 aromatic rings. The lowest BCUT2D eigenvalue weighted by Gasteiger charge is -2.35. The first-order valence-corrected chi connectivity index (χ1v) is 18.8. The summed E-state index contributed by atoms with van der Waals surface area (Å²) in [5.41, 5.74) is 3.92. The average Bonchev–Trinajstić information content (AvgIpc) is 3.33. The van der Waals surface area contributed by atoms with Crippen LogP contribution in [0.25, 0.3) is 23.1 Å². The Morgan fingerprint density at radius 3 is 2.54 bits per heavy atom. The zero-order chi connectivity index (χ0) is 34.6. The number of nitrogens with zero attached hydrogens (tertiary/aromatic N) is 1. The predicted molar refractivity (Wildman–Crippen MR) is 197 cm³/mol. The lowest BCUT2D eigenvalue weighted by molar-refractivity contribution is -0.128. The molecule has 4 atom stereocenters. The summed E-state index contributed by atoms with van der Waals surface area (Å²) in [5.74, 6) is -0.688. The maximum atomic E-state index is 13.2. The van der Waals surface area contributed by atoms with Crippen molar-refractivity contribution >= 4 is 63.2 Å². The Kier molecular flexibility index (Phi) is 9.22. The van der Waals surface area contributed by atoms with E-state index in [4.69, 9.17) is 29.2 Å². The van der Waals surface area contributed by atoms with Crippen molar-refractivity contribution in [3.63, 3.8) is 0 Å². The maximum absolute atomic E-state index is 13.2. The first-order chi connectivity index (χ1) is 22.5. The van der Waals surface area contributed by atoms with Gasteiger partial charge in [-0.3, -0.25) is 9.35 Å². The molecular weight excluding hydrogens is 662 g/mol. The van der Waals surface area contributed by atoms with Crippen molar-refractivity contribution in [2.24, 2.45) is 16.7 Å². The standard InChI is InChI=1S/C39H42ClNO5S2/c1-37(2)33-21-36(42)39(37,23-48(44,45)46)22-31(33)26-11-16-32(38(3,4)43)27(19-26)12-17-35(47)28-7-5-6-24(18-28)8-14-30-15-10-25-9-13-29(40)20-34(25)41-30/h5-11,13-16,18-20,31,33,35,43,47H,12,17,21-23H2,1-4H3,(H,44,45,46)/b14-8+/t31?,33?,35-,39?/m1/s1. The number of carbonyl (C=O) groups is 1. The molecule has 2 saturated carbocycles. The fourth-order valence-corrected chi connectivity index (χ4v) is 9.98. The van der Waals surface area contributed by atoms with Gasteiger partial charge in [0.25, 0.3) is 10.1 Å². The van der Waals surface area contributed by atoms with Crippen LogP contribution >= 0.6 is 24.2 Å². The second kappa shape index (κ2) is 12.7. The second-order valence-electron chi connectivity index (χ2n) is 14.7. The van der Waals surface area contributed by atoms with Crippen LogP contribution < -0.4 is 0 Å². The number of carbonyl (C=O) groups excluding carboxylic acids is 1. The maximum Gasteiger partial charge on any atom is 0.265 e. The first-order valence-electron chi connectivity index (χ1n) is 16.3. The monoisotopic (exact) mass is 703 g/mol. The molecule has 1 aromatic heterocycles. The Labute approximate surface area is 293 Å². The molecule has 2 bridgehead atoms. The molecule has 0 spiro atoms. The number of fused-ring (bicyclic) bond motifs is 3. The molecule has 3 aromatic carbocycles. The number of aromatic nitrogens is 1. The van der Waals surface area contributed by atoms with Crippen LogP contribution in [0, 0.1) is 16.7 Å². The summed E-state index contributed by atoms with van der Waals surface area (Å²) in [5, 5.41) is 12.7. The van der Waals surface area contributed by atoms with Crippen LogP contribution in [0.1, 0.15) is 91.6 Å². The van der Waals surface area contributed by atoms with E-state index in [9.17, 15) is 22.9 Å². The molecule has 2 aliphatic rings. The van der Waals surface area contributed by atoms with Crippen LogP contribution in [0.4, 0.5) is 0 Å². The van der Waals surface area contributed by atoms with Gasteiger partial charge in [0.1, 0.15) is 5.78 Å². The topological polar surface area (TPSA) is 105 Å². The summed E-state index contributed by atoms with van der Waals surface area (Å²) in [6, 6.07) is 24.1. The number of pyridine rings is 1. The number of aliphatic hydroxyl groups is 1. The highest BCUT2D eigenvalue weighted by Gasteiger charge is 2.68. The first kappa shape index (κ1) is 34.8. The van der Waals surface area contributed by atoms with Crippen LogP contribution in [0.2, 0.25) is 5.02 Å². The van der Waals surface area contributed by atoms with Crippen LogP contribution in [-0.4, -0.2) is 34.6 Å². The SMILES string of the molecule is CC(C)(O)c1ccc(C2CC3(CS(=O)(=O)O)C(=O)CC2C3(C)C)cc1CC[C@@H](S)c1cccc(/C=C/c2ccc3ccc(Cl)cc3n2)c1. The molecule has 2 aliphatic carbocycles. The molecule has 9 heteroatoms.